The minimum Gasteiger partial charge on any atom is -0.480 e. The summed E-state index contributed by atoms with van der Waals surface area (Å²) in [4.78, 5) is 18.6. The van der Waals surface area contributed by atoms with E-state index in [0.717, 1.165) is 25.9 Å². The van der Waals surface area contributed by atoms with Gasteiger partial charge in [0.25, 0.3) is 0 Å². The van der Waals surface area contributed by atoms with Crippen molar-refractivity contribution in [3.63, 3.8) is 0 Å². The smallest absolute Gasteiger partial charge is 0.317 e. The fourth-order valence-corrected chi connectivity index (χ4v) is 3.43. The molecule has 1 N–H and O–H groups in total. The van der Waals surface area contributed by atoms with Crippen LogP contribution in [0.15, 0.2) is 0 Å². The Kier molecular flexibility index (Phi) is 3.79. The molecule has 0 fully saturated rings. The minimum atomic E-state index is -0.750. The van der Waals surface area contributed by atoms with Crippen LogP contribution in [0.4, 0.5) is 0 Å². The van der Waals surface area contributed by atoms with Crippen LogP contribution in [0.5, 0.6) is 0 Å². The number of thiazole rings is 1. The summed E-state index contributed by atoms with van der Waals surface area (Å²) in [6.45, 7) is 6.08. The Balaban J connectivity index is 2.04. The lowest BCUT2D eigenvalue weighted by Crippen LogP contribution is -2.34. The molecule has 0 atom stereocenters. The second kappa shape index (κ2) is 5.14. The molecule has 17 heavy (non-hydrogen) atoms. The Bertz CT molecular complexity index is 415. The number of rotatable bonds is 4. The highest BCUT2D eigenvalue weighted by Gasteiger charge is 2.22. The number of hydrogen-bond acceptors (Lipinski definition) is 4. The Hall–Kier alpha value is -0.940. The van der Waals surface area contributed by atoms with Crippen LogP contribution in [-0.4, -0.2) is 34.0 Å². The molecule has 1 aromatic rings. The fourth-order valence-electron chi connectivity index (χ4n) is 2.06. The fraction of sp³-hybridized carbons (Fsp3) is 0.667. The lowest BCUT2D eigenvalue weighted by atomic mass is 10.1. The molecule has 0 saturated heterocycles. The zero-order valence-corrected chi connectivity index (χ0v) is 11.1. The van der Waals surface area contributed by atoms with Crippen LogP contribution in [0.25, 0.3) is 0 Å². The van der Waals surface area contributed by atoms with Crippen LogP contribution in [0, 0.1) is 5.92 Å². The number of hydrogen-bond donors (Lipinski definition) is 1. The van der Waals surface area contributed by atoms with Crippen LogP contribution >= 0.6 is 11.3 Å². The number of aliphatic carboxylic acids is 1. The summed E-state index contributed by atoms with van der Waals surface area (Å²) in [7, 11) is 0. The molecule has 2 rings (SSSR count). The number of carboxylic acids is 1. The van der Waals surface area contributed by atoms with Gasteiger partial charge < -0.3 is 5.11 Å². The summed E-state index contributed by atoms with van der Waals surface area (Å²) in [6.07, 6.45) is 1.91. The number of fused-ring (bicyclic) bond motifs is 1. The van der Waals surface area contributed by atoms with Crippen molar-refractivity contribution in [2.24, 2.45) is 5.92 Å². The standard InChI is InChI=1S/C12H18N2O2S/c1-8(2)5-11-13-9-3-4-14(7-12(15)16)6-10(9)17-11/h8H,3-7H2,1-2H3,(H,15,16). The van der Waals surface area contributed by atoms with E-state index in [2.05, 4.69) is 18.8 Å². The van der Waals surface area contributed by atoms with E-state index in [0.29, 0.717) is 5.92 Å². The van der Waals surface area contributed by atoms with E-state index in [4.69, 9.17) is 5.11 Å². The molecule has 94 valence electrons. The highest BCUT2D eigenvalue weighted by molar-refractivity contribution is 7.11. The highest BCUT2D eigenvalue weighted by atomic mass is 32.1. The molecular weight excluding hydrogens is 236 g/mol. The molecular formula is C12H18N2O2S. The first-order chi connectivity index (χ1) is 8.04. The molecule has 0 radical (unpaired) electrons. The maximum atomic E-state index is 10.7. The van der Waals surface area contributed by atoms with E-state index in [1.165, 1.54) is 15.6 Å². The molecule has 1 aliphatic heterocycles. The van der Waals surface area contributed by atoms with Crippen molar-refractivity contribution >= 4 is 17.3 Å². The Labute approximate surface area is 105 Å². The highest BCUT2D eigenvalue weighted by Crippen LogP contribution is 2.26. The molecule has 1 aromatic heterocycles. The van der Waals surface area contributed by atoms with E-state index in [-0.39, 0.29) is 6.54 Å². The topological polar surface area (TPSA) is 53.4 Å². The van der Waals surface area contributed by atoms with Crippen molar-refractivity contribution in [1.29, 1.82) is 0 Å². The third-order valence-electron chi connectivity index (χ3n) is 2.80. The number of nitrogens with zero attached hydrogens (tertiary/aromatic N) is 2. The lowest BCUT2D eigenvalue weighted by Gasteiger charge is -2.23. The predicted molar refractivity (Wildman–Crippen MR) is 67.3 cm³/mol. The minimum absolute atomic E-state index is 0.136. The maximum absolute atomic E-state index is 10.7. The average molecular weight is 254 g/mol. The van der Waals surface area contributed by atoms with Gasteiger partial charge in [0.1, 0.15) is 0 Å². The van der Waals surface area contributed by atoms with E-state index in [1.54, 1.807) is 11.3 Å². The largest absolute Gasteiger partial charge is 0.480 e. The molecule has 0 aliphatic carbocycles. The first-order valence-corrected chi connectivity index (χ1v) is 6.78. The number of carbonyl (C=O) groups is 1. The second-order valence-electron chi connectivity index (χ2n) is 4.93. The molecule has 0 spiro atoms. The normalized spacial score (nSPS) is 16.2. The summed E-state index contributed by atoms with van der Waals surface area (Å²) in [5, 5.41) is 9.98. The number of carboxylic acid groups (broad SMARTS) is 1. The van der Waals surface area contributed by atoms with Crippen molar-refractivity contribution in [3.05, 3.63) is 15.6 Å². The summed E-state index contributed by atoms with van der Waals surface area (Å²) in [5.74, 6) is -0.127. The second-order valence-corrected chi connectivity index (χ2v) is 6.10. The van der Waals surface area contributed by atoms with Gasteiger partial charge in [-0.15, -0.1) is 11.3 Å². The van der Waals surface area contributed by atoms with Crippen molar-refractivity contribution in [1.82, 2.24) is 9.88 Å². The summed E-state index contributed by atoms with van der Waals surface area (Å²) in [5.41, 5.74) is 1.19. The molecule has 1 aliphatic rings. The lowest BCUT2D eigenvalue weighted by molar-refractivity contribution is -0.138. The molecule has 0 amide bonds. The molecule has 0 aromatic carbocycles. The first-order valence-electron chi connectivity index (χ1n) is 5.96. The van der Waals surface area contributed by atoms with Gasteiger partial charge in [0.05, 0.1) is 17.2 Å². The summed E-state index contributed by atoms with van der Waals surface area (Å²) >= 11 is 1.75. The van der Waals surface area contributed by atoms with Gasteiger partial charge in [0.2, 0.25) is 0 Å². The summed E-state index contributed by atoms with van der Waals surface area (Å²) in [6, 6.07) is 0. The summed E-state index contributed by atoms with van der Waals surface area (Å²) < 4.78 is 0. The zero-order valence-electron chi connectivity index (χ0n) is 10.3. The van der Waals surface area contributed by atoms with Crippen LogP contribution < -0.4 is 0 Å². The molecule has 0 unspecified atom stereocenters. The van der Waals surface area contributed by atoms with Gasteiger partial charge in [-0.25, -0.2) is 4.98 Å². The van der Waals surface area contributed by atoms with Gasteiger partial charge in [-0.05, 0) is 5.92 Å². The van der Waals surface area contributed by atoms with Crippen molar-refractivity contribution < 1.29 is 9.90 Å². The van der Waals surface area contributed by atoms with Crippen LogP contribution in [0.3, 0.4) is 0 Å². The molecule has 0 saturated carbocycles. The van der Waals surface area contributed by atoms with Crippen LogP contribution in [0.2, 0.25) is 0 Å². The van der Waals surface area contributed by atoms with Crippen molar-refractivity contribution in [2.75, 3.05) is 13.1 Å². The average Bonchev–Trinajstić information content (AvgIpc) is 2.56. The Morgan fingerprint density at radius 1 is 1.59 bits per heavy atom. The van der Waals surface area contributed by atoms with Gasteiger partial charge in [-0.3, -0.25) is 9.69 Å². The first kappa shape index (κ1) is 12.5. The monoisotopic (exact) mass is 254 g/mol. The van der Waals surface area contributed by atoms with Gasteiger partial charge >= 0.3 is 5.97 Å². The van der Waals surface area contributed by atoms with E-state index < -0.39 is 5.97 Å². The van der Waals surface area contributed by atoms with Crippen molar-refractivity contribution in [2.45, 2.75) is 33.2 Å². The zero-order chi connectivity index (χ0) is 12.4. The van der Waals surface area contributed by atoms with Crippen LogP contribution in [0.1, 0.15) is 29.4 Å². The Morgan fingerprint density at radius 2 is 2.35 bits per heavy atom. The maximum Gasteiger partial charge on any atom is 0.317 e. The SMILES string of the molecule is CC(C)Cc1nc2c(s1)CN(CC(=O)O)CC2. The molecule has 2 heterocycles. The van der Waals surface area contributed by atoms with E-state index in [1.807, 2.05) is 4.90 Å². The van der Waals surface area contributed by atoms with Gasteiger partial charge in [0, 0.05) is 30.8 Å². The van der Waals surface area contributed by atoms with Gasteiger partial charge in [-0.2, -0.15) is 0 Å². The molecule has 5 heteroatoms. The third-order valence-corrected chi connectivity index (χ3v) is 3.90. The van der Waals surface area contributed by atoms with Gasteiger partial charge in [0.15, 0.2) is 0 Å². The Morgan fingerprint density at radius 3 is 3.00 bits per heavy atom. The van der Waals surface area contributed by atoms with E-state index in [9.17, 15) is 4.79 Å². The van der Waals surface area contributed by atoms with Crippen LogP contribution in [-0.2, 0) is 24.2 Å². The molecule has 4 nitrogen and oxygen atoms in total. The molecule has 0 bridgehead atoms. The van der Waals surface area contributed by atoms with Crippen molar-refractivity contribution in [3.8, 4) is 0 Å². The predicted octanol–water partition coefficient (Wildman–Crippen LogP) is 1.78. The third kappa shape index (κ3) is 3.26. The number of aromatic nitrogens is 1. The van der Waals surface area contributed by atoms with E-state index >= 15 is 0 Å². The quantitative estimate of drug-likeness (QED) is 0.890. The van der Waals surface area contributed by atoms with Gasteiger partial charge in [-0.1, -0.05) is 13.8 Å².